The summed E-state index contributed by atoms with van der Waals surface area (Å²) in [5.74, 6) is 1.87. The molecule has 1 aromatic heterocycles. The van der Waals surface area contributed by atoms with E-state index in [1.807, 2.05) is 35.2 Å². The minimum atomic E-state index is 0.0737. The molecule has 1 aliphatic rings. The van der Waals surface area contributed by atoms with Gasteiger partial charge in [-0.2, -0.15) is 0 Å². The maximum Gasteiger partial charge on any atom is 0.253 e. The Labute approximate surface area is 165 Å². The number of amides is 1. The standard InChI is InChI=1S/C24H24N2O2/c27-24(21-9-6-10-22(18-21)28-23-11-4-5-14-25-23)26-15-12-20(13-16-26)17-19-7-2-1-3-8-19/h1-11,14,18,20H,12-13,15-17H2. The zero-order chi connectivity index (χ0) is 19.2. The second-order valence-electron chi connectivity index (χ2n) is 7.22. The first kappa shape index (κ1) is 18.2. The van der Waals surface area contributed by atoms with Crippen molar-refractivity contribution in [1.29, 1.82) is 0 Å². The maximum atomic E-state index is 12.9. The molecular formula is C24H24N2O2. The number of nitrogens with zero attached hydrogens (tertiary/aromatic N) is 2. The van der Waals surface area contributed by atoms with E-state index in [2.05, 4.69) is 35.3 Å². The van der Waals surface area contributed by atoms with Gasteiger partial charge in [-0.15, -0.1) is 0 Å². The summed E-state index contributed by atoms with van der Waals surface area (Å²) in [5, 5.41) is 0. The highest BCUT2D eigenvalue weighted by Gasteiger charge is 2.24. The van der Waals surface area contributed by atoms with Crippen LogP contribution in [0.4, 0.5) is 0 Å². The highest BCUT2D eigenvalue weighted by Crippen LogP contribution is 2.25. The first-order valence-electron chi connectivity index (χ1n) is 9.80. The monoisotopic (exact) mass is 372 g/mol. The molecule has 4 nitrogen and oxygen atoms in total. The Kier molecular flexibility index (Phi) is 5.66. The van der Waals surface area contributed by atoms with Gasteiger partial charge in [0, 0.05) is 30.9 Å². The van der Waals surface area contributed by atoms with Crippen molar-refractivity contribution in [3.8, 4) is 11.6 Å². The number of aromatic nitrogens is 1. The summed E-state index contributed by atoms with van der Waals surface area (Å²) in [7, 11) is 0. The molecule has 1 saturated heterocycles. The van der Waals surface area contributed by atoms with Crippen LogP contribution in [0.5, 0.6) is 11.6 Å². The molecule has 1 fully saturated rings. The number of hydrogen-bond donors (Lipinski definition) is 0. The molecule has 0 spiro atoms. The van der Waals surface area contributed by atoms with Gasteiger partial charge in [-0.05, 0) is 55.0 Å². The fourth-order valence-corrected chi connectivity index (χ4v) is 3.69. The molecule has 4 heteroatoms. The lowest BCUT2D eigenvalue weighted by Crippen LogP contribution is -2.38. The van der Waals surface area contributed by atoms with E-state index in [1.54, 1.807) is 18.3 Å². The van der Waals surface area contributed by atoms with E-state index in [9.17, 15) is 4.79 Å². The Balaban J connectivity index is 1.35. The van der Waals surface area contributed by atoms with Crippen molar-refractivity contribution in [2.45, 2.75) is 19.3 Å². The third kappa shape index (κ3) is 4.58. The van der Waals surface area contributed by atoms with Gasteiger partial charge in [-0.1, -0.05) is 42.5 Å². The highest BCUT2D eigenvalue weighted by atomic mass is 16.5. The minimum absolute atomic E-state index is 0.0737. The van der Waals surface area contributed by atoms with Gasteiger partial charge in [0.1, 0.15) is 5.75 Å². The average Bonchev–Trinajstić information content (AvgIpc) is 2.75. The highest BCUT2D eigenvalue weighted by molar-refractivity contribution is 5.94. The molecule has 0 unspecified atom stereocenters. The summed E-state index contributed by atoms with van der Waals surface area (Å²) < 4.78 is 5.76. The Morgan fingerprint density at radius 1 is 0.964 bits per heavy atom. The molecule has 28 heavy (non-hydrogen) atoms. The zero-order valence-electron chi connectivity index (χ0n) is 15.8. The van der Waals surface area contributed by atoms with E-state index in [-0.39, 0.29) is 5.91 Å². The Morgan fingerprint density at radius 2 is 1.75 bits per heavy atom. The lowest BCUT2D eigenvalue weighted by molar-refractivity contribution is 0.0690. The van der Waals surface area contributed by atoms with Gasteiger partial charge in [0.25, 0.3) is 5.91 Å². The summed E-state index contributed by atoms with van der Waals surface area (Å²) in [6.45, 7) is 1.61. The molecule has 0 radical (unpaired) electrons. The third-order valence-electron chi connectivity index (χ3n) is 5.21. The number of pyridine rings is 1. The number of hydrogen-bond acceptors (Lipinski definition) is 3. The molecular weight excluding hydrogens is 348 g/mol. The molecule has 0 atom stereocenters. The first-order chi connectivity index (χ1) is 13.8. The van der Waals surface area contributed by atoms with Gasteiger partial charge < -0.3 is 9.64 Å². The van der Waals surface area contributed by atoms with Crippen LogP contribution in [-0.2, 0) is 6.42 Å². The van der Waals surface area contributed by atoms with E-state index in [4.69, 9.17) is 4.74 Å². The maximum absolute atomic E-state index is 12.9. The van der Waals surface area contributed by atoms with Crippen LogP contribution in [0, 0.1) is 5.92 Å². The normalized spacial score (nSPS) is 14.6. The summed E-state index contributed by atoms with van der Waals surface area (Å²) in [6, 6.07) is 23.5. The van der Waals surface area contributed by atoms with Crippen LogP contribution in [0.25, 0.3) is 0 Å². The summed E-state index contributed by atoms with van der Waals surface area (Å²) in [4.78, 5) is 19.0. The van der Waals surface area contributed by atoms with Crippen molar-refractivity contribution in [3.63, 3.8) is 0 Å². The summed E-state index contributed by atoms with van der Waals surface area (Å²) in [5.41, 5.74) is 2.04. The number of ether oxygens (including phenoxy) is 1. The van der Waals surface area contributed by atoms with Crippen molar-refractivity contribution in [1.82, 2.24) is 9.88 Å². The lowest BCUT2D eigenvalue weighted by Gasteiger charge is -2.32. The molecule has 0 aliphatic carbocycles. The average molecular weight is 372 g/mol. The van der Waals surface area contributed by atoms with Crippen LogP contribution in [0.2, 0.25) is 0 Å². The van der Waals surface area contributed by atoms with Gasteiger partial charge in [0.15, 0.2) is 0 Å². The quantitative estimate of drug-likeness (QED) is 0.635. The number of benzene rings is 2. The predicted octanol–water partition coefficient (Wildman–Crippen LogP) is 4.97. The summed E-state index contributed by atoms with van der Waals surface area (Å²) >= 11 is 0. The molecule has 2 aromatic carbocycles. The molecule has 4 rings (SSSR count). The number of likely N-dealkylation sites (tertiary alicyclic amines) is 1. The third-order valence-corrected chi connectivity index (χ3v) is 5.21. The number of carbonyl (C=O) groups excluding carboxylic acids is 1. The smallest absolute Gasteiger partial charge is 0.253 e. The Morgan fingerprint density at radius 3 is 2.50 bits per heavy atom. The predicted molar refractivity (Wildman–Crippen MR) is 110 cm³/mol. The summed E-state index contributed by atoms with van der Waals surface area (Å²) in [6.07, 6.45) is 4.87. The SMILES string of the molecule is O=C(c1cccc(Oc2ccccn2)c1)N1CCC(Cc2ccccc2)CC1. The molecule has 1 amide bonds. The van der Waals surface area contributed by atoms with Crippen molar-refractivity contribution in [2.24, 2.45) is 5.92 Å². The van der Waals surface area contributed by atoms with Crippen LogP contribution >= 0.6 is 0 Å². The van der Waals surface area contributed by atoms with Gasteiger partial charge in [-0.3, -0.25) is 4.79 Å². The van der Waals surface area contributed by atoms with E-state index >= 15 is 0 Å². The van der Waals surface area contributed by atoms with Crippen molar-refractivity contribution in [3.05, 3.63) is 90.1 Å². The molecule has 0 N–H and O–H groups in total. The molecule has 0 saturated carbocycles. The van der Waals surface area contributed by atoms with Crippen LogP contribution in [0.15, 0.2) is 79.0 Å². The number of carbonyl (C=O) groups is 1. The minimum Gasteiger partial charge on any atom is -0.439 e. The van der Waals surface area contributed by atoms with Crippen molar-refractivity contribution >= 4 is 5.91 Å². The van der Waals surface area contributed by atoms with Crippen LogP contribution in [-0.4, -0.2) is 28.9 Å². The van der Waals surface area contributed by atoms with Gasteiger partial charge in [0.2, 0.25) is 5.88 Å². The molecule has 1 aliphatic heterocycles. The second kappa shape index (κ2) is 8.70. The number of piperidine rings is 1. The molecule has 0 bridgehead atoms. The van der Waals surface area contributed by atoms with Crippen molar-refractivity contribution < 1.29 is 9.53 Å². The largest absolute Gasteiger partial charge is 0.439 e. The van der Waals surface area contributed by atoms with Gasteiger partial charge in [0.05, 0.1) is 0 Å². The molecule has 3 aromatic rings. The van der Waals surface area contributed by atoms with Gasteiger partial charge >= 0.3 is 0 Å². The molecule has 2 heterocycles. The van der Waals surface area contributed by atoms with Crippen LogP contribution in [0.3, 0.4) is 0 Å². The van der Waals surface area contributed by atoms with E-state index < -0.39 is 0 Å². The zero-order valence-corrected chi connectivity index (χ0v) is 15.8. The fourth-order valence-electron chi connectivity index (χ4n) is 3.69. The Bertz CT molecular complexity index is 904. The second-order valence-corrected chi connectivity index (χ2v) is 7.22. The van der Waals surface area contributed by atoms with E-state index in [0.717, 1.165) is 32.4 Å². The first-order valence-corrected chi connectivity index (χ1v) is 9.80. The van der Waals surface area contributed by atoms with Crippen LogP contribution in [0.1, 0.15) is 28.8 Å². The van der Waals surface area contributed by atoms with Crippen molar-refractivity contribution in [2.75, 3.05) is 13.1 Å². The van der Waals surface area contributed by atoms with Gasteiger partial charge in [-0.25, -0.2) is 4.98 Å². The number of rotatable bonds is 5. The Hall–Kier alpha value is -3.14. The lowest BCUT2D eigenvalue weighted by atomic mass is 9.90. The van der Waals surface area contributed by atoms with E-state index in [1.165, 1.54) is 5.56 Å². The van der Waals surface area contributed by atoms with E-state index in [0.29, 0.717) is 23.1 Å². The molecule has 142 valence electrons. The van der Waals surface area contributed by atoms with Crippen LogP contribution < -0.4 is 4.74 Å². The fraction of sp³-hybridized carbons (Fsp3) is 0.250. The topological polar surface area (TPSA) is 42.4 Å².